The van der Waals surface area contributed by atoms with Crippen LogP contribution in [0.15, 0.2) is 18.2 Å². The van der Waals surface area contributed by atoms with E-state index in [-0.39, 0.29) is 0 Å². The molecule has 0 spiro atoms. The molecular formula is C13H19NO2S. The lowest BCUT2D eigenvalue weighted by Crippen LogP contribution is -2.32. The highest BCUT2D eigenvalue weighted by molar-refractivity contribution is 7.99. The number of methoxy groups -OCH3 is 2. The summed E-state index contributed by atoms with van der Waals surface area (Å²) in [5.74, 6) is 4.24. The smallest absolute Gasteiger partial charge is 0.127 e. The molecule has 0 atom stereocenters. The van der Waals surface area contributed by atoms with Gasteiger partial charge in [0.2, 0.25) is 0 Å². The quantitative estimate of drug-likeness (QED) is 0.820. The molecule has 3 nitrogen and oxygen atoms in total. The Morgan fingerprint density at radius 1 is 1.18 bits per heavy atom. The highest BCUT2D eigenvalue weighted by Gasteiger charge is 2.13. The minimum absolute atomic E-state index is 0.847. The summed E-state index contributed by atoms with van der Waals surface area (Å²) in [7, 11) is 3.39. The Labute approximate surface area is 107 Å². The van der Waals surface area contributed by atoms with Crippen molar-refractivity contribution in [2.75, 3.05) is 38.8 Å². The predicted molar refractivity (Wildman–Crippen MR) is 72.1 cm³/mol. The first kappa shape index (κ1) is 12.6. The average molecular weight is 253 g/mol. The number of hydrogen-bond donors (Lipinski definition) is 0. The van der Waals surface area contributed by atoms with E-state index >= 15 is 0 Å². The third-order valence-corrected chi connectivity index (χ3v) is 3.93. The van der Waals surface area contributed by atoms with Gasteiger partial charge in [-0.15, -0.1) is 0 Å². The fourth-order valence-corrected chi connectivity index (χ4v) is 2.96. The topological polar surface area (TPSA) is 21.7 Å². The molecule has 0 bridgehead atoms. The van der Waals surface area contributed by atoms with Gasteiger partial charge in [-0.05, 0) is 6.07 Å². The van der Waals surface area contributed by atoms with Crippen LogP contribution < -0.4 is 9.47 Å². The minimum atomic E-state index is 0.847. The monoisotopic (exact) mass is 253 g/mol. The Bertz CT molecular complexity index is 364. The van der Waals surface area contributed by atoms with Gasteiger partial charge in [0.25, 0.3) is 0 Å². The van der Waals surface area contributed by atoms with Crippen molar-refractivity contribution in [3.63, 3.8) is 0 Å². The molecule has 0 amide bonds. The first-order chi connectivity index (χ1) is 8.33. The maximum absolute atomic E-state index is 5.42. The summed E-state index contributed by atoms with van der Waals surface area (Å²) in [5, 5.41) is 0. The molecule has 94 valence electrons. The molecule has 0 aromatic heterocycles. The van der Waals surface area contributed by atoms with Crippen molar-refractivity contribution >= 4 is 11.8 Å². The second kappa shape index (κ2) is 6.17. The van der Waals surface area contributed by atoms with Crippen LogP contribution in [0.3, 0.4) is 0 Å². The van der Waals surface area contributed by atoms with E-state index in [1.54, 1.807) is 14.2 Å². The van der Waals surface area contributed by atoms with Crippen LogP contribution in [0.2, 0.25) is 0 Å². The summed E-state index contributed by atoms with van der Waals surface area (Å²) in [6, 6.07) is 6.05. The zero-order valence-electron chi connectivity index (χ0n) is 10.4. The number of thioether (sulfide) groups is 1. The summed E-state index contributed by atoms with van der Waals surface area (Å²) < 4.78 is 10.6. The Morgan fingerprint density at radius 2 is 1.94 bits per heavy atom. The molecule has 1 fully saturated rings. The van der Waals surface area contributed by atoms with Gasteiger partial charge in [0.05, 0.1) is 14.2 Å². The van der Waals surface area contributed by atoms with Gasteiger partial charge < -0.3 is 9.47 Å². The fraction of sp³-hybridized carbons (Fsp3) is 0.538. The molecule has 0 radical (unpaired) electrons. The van der Waals surface area contributed by atoms with Gasteiger partial charge in [-0.2, -0.15) is 11.8 Å². The Balaban J connectivity index is 2.08. The molecule has 17 heavy (non-hydrogen) atoms. The largest absolute Gasteiger partial charge is 0.497 e. The second-order valence-electron chi connectivity index (χ2n) is 4.07. The summed E-state index contributed by atoms with van der Waals surface area (Å²) in [6.07, 6.45) is 0. The van der Waals surface area contributed by atoms with Crippen LogP contribution in [-0.4, -0.2) is 43.7 Å². The molecule has 0 N–H and O–H groups in total. The highest BCUT2D eigenvalue weighted by atomic mass is 32.2. The summed E-state index contributed by atoms with van der Waals surface area (Å²) in [4.78, 5) is 2.47. The zero-order valence-corrected chi connectivity index (χ0v) is 11.3. The van der Waals surface area contributed by atoms with E-state index in [0.717, 1.165) is 18.0 Å². The van der Waals surface area contributed by atoms with Crippen LogP contribution in [0, 0.1) is 0 Å². The lowest BCUT2D eigenvalue weighted by atomic mass is 10.1. The molecule has 0 unspecified atom stereocenters. The third-order valence-electron chi connectivity index (χ3n) is 2.99. The number of benzene rings is 1. The molecule has 1 aromatic carbocycles. The molecule has 1 aliphatic rings. The van der Waals surface area contributed by atoms with Crippen LogP contribution in [0.1, 0.15) is 5.56 Å². The van der Waals surface area contributed by atoms with Gasteiger partial charge in [-0.1, -0.05) is 6.07 Å². The van der Waals surface area contributed by atoms with E-state index in [2.05, 4.69) is 11.0 Å². The molecule has 1 heterocycles. The van der Waals surface area contributed by atoms with Crippen LogP contribution in [0.25, 0.3) is 0 Å². The first-order valence-corrected chi connectivity index (χ1v) is 7.00. The first-order valence-electron chi connectivity index (χ1n) is 5.84. The van der Waals surface area contributed by atoms with Gasteiger partial charge in [-0.3, -0.25) is 4.90 Å². The molecule has 1 aromatic rings. The van der Waals surface area contributed by atoms with Gasteiger partial charge in [0, 0.05) is 42.8 Å². The maximum atomic E-state index is 5.42. The standard InChI is InChI=1S/C13H19NO2S/c1-15-12-4-3-11(13(9-12)16-2)10-14-5-7-17-8-6-14/h3-4,9H,5-8,10H2,1-2H3. The van der Waals surface area contributed by atoms with E-state index in [0.29, 0.717) is 0 Å². The maximum Gasteiger partial charge on any atom is 0.127 e. The molecule has 4 heteroatoms. The Hall–Kier alpha value is -0.870. The van der Waals surface area contributed by atoms with E-state index < -0.39 is 0 Å². The van der Waals surface area contributed by atoms with Gasteiger partial charge in [-0.25, -0.2) is 0 Å². The van der Waals surface area contributed by atoms with Gasteiger partial charge in [0.15, 0.2) is 0 Å². The van der Waals surface area contributed by atoms with Crippen molar-refractivity contribution in [2.45, 2.75) is 6.54 Å². The number of hydrogen-bond acceptors (Lipinski definition) is 4. The Kier molecular flexibility index (Phi) is 4.57. The molecule has 0 saturated carbocycles. The lowest BCUT2D eigenvalue weighted by Gasteiger charge is -2.26. The molecule has 1 aliphatic heterocycles. The average Bonchev–Trinajstić information content (AvgIpc) is 2.40. The normalized spacial score (nSPS) is 16.8. The van der Waals surface area contributed by atoms with Crippen molar-refractivity contribution in [3.8, 4) is 11.5 Å². The number of nitrogens with zero attached hydrogens (tertiary/aromatic N) is 1. The second-order valence-corrected chi connectivity index (χ2v) is 5.29. The summed E-state index contributed by atoms with van der Waals surface area (Å²) >= 11 is 2.03. The lowest BCUT2D eigenvalue weighted by molar-refractivity contribution is 0.287. The summed E-state index contributed by atoms with van der Waals surface area (Å²) in [6.45, 7) is 3.30. The van der Waals surface area contributed by atoms with E-state index in [1.807, 2.05) is 23.9 Å². The van der Waals surface area contributed by atoms with Crippen LogP contribution in [-0.2, 0) is 6.54 Å². The zero-order chi connectivity index (χ0) is 12.1. The molecule has 2 rings (SSSR count). The van der Waals surface area contributed by atoms with E-state index in [1.165, 1.54) is 30.2 Å². The van der Waals surface area contributed by atoms with Crippen LogP contribution in [0.5, 0.6) is 11.5 Å². The highest BCUT2D eigenvalue weighted by Crippen LogP contribution is 2.26. The number of ether oxygens (including phenoxy) is 2. The van der Waals surface area contributed by atoms with Gasteiger partial charge in [0.1, 0.15) is 11.5 Å². The minimum Gasteiger partial charge on any atom is -0.497 e. The Morgan fingerprint density at radius 3 is 2.59 bits per heavy atom. The van der Waals surface area contributed by atoms with Crippen LogP contribution >= 0.6 is 11.8 Å². The van der Waals surface area contributed by atoms with Crippen molar-refractivity contribution in [3.05, 3.63) is 23.8 Å². The molecule has 1 saturated heterocycles. The predicted octanol–water partition coefficient (Wildman–Crippen LogP) is 2.25. The van der Waals surface area contributed by atoms with Crippen molar-refractivity contribution in [1.29, 1.82) is 0 Å². The SMILES string of the molecule is COc1ccc(CN2CCSCC2)c(OC)c1. The van der Waals surface area contributed by atoms with Crippen molar-refractivity contribution < 1.29 is 9.47 Å². The van der Waals surface area contributed by atoms with Crippen molar-refractivity contribution in [1.82, 2.24) is 4.90 Å². The van der Waals surface area contributed by atoms with Gasteiger partial charge >= 0.3 is 0 Å². The molecule has 0 aliphatic carbocycles. The third kappa shape index (κ3) is 3.30. The van der Waals surface area contributed by atoms with E-state index in [9.17, 15) is 0 Å². The molecular weight excluding hydrogens is 234 g/mol. The number of rotatable bonds is 4. The van der Waals surface area contributed by atoms with Crippen molar-refractivity contribution in [2.24, 2.45) is 0 Å². The van der Waals surface area contributed by atoms with E-state index in [4.69, 9.17) is 9.47 Å². The van der Waals surface area contributed by atoms with Crippen LogP contribution in [0.4, 0.5) is 0 Å². The fourth-order valence-electron chi connectivity index (χ4n) is 1.98. The summed E-state index contributed by atoms with van der Waals surface area (Å²) in [5.41, 5.74) is 1.24.